The molecular weight excluding hydrogens is 354 g/mol. The van der Waals surface area contributed by atoms with Gasteiger partial charge in [-0.05, 0) is 53.6 Å². The number of aromatic carboxylic acids is 1. The Labute approximate surface area is 149 Å². The number of carboxylic acids is 1. The molecule has 0 aromatic heterocycles. The summed E-state index contributed by atoms with van der Waals surface area (Å²) in [6, 6.07) is 12.6. The zero-order valence-corrected chi connectivity index (χ0v) is 14.4. The molecule has 4 rings (SSSR count). The van der Waals surface area contributed by atoms with Gasteiger partial charge < -0.3 is 10.2 Å². The molecule has 0 heterocycles. The van der Waals surface area contributed by atoms with Crippen LogP contribution in [-0.2, 0) is 22.9 Å². The molecule has 3 aromatic carbocycles. The maximum absolute atomic E-state index is 12.9. The maximum Gasteiger partial charge on any atom is 0.339 e. The number of nitrogens with one attached hydrogen (secondary N) is 1. The molecule has 0 unspecified atom stereocenters. The molecule has 0 radical (unpaired) electrons. The first-order valence-electron chi connectivity index (χ1n) is 7.99. The van der Waals surface area contributed by atoms with Crippen LogP contribution >= 0.6 is 0 Å². The predicted octanol–water partition coefficient (Wildman–Crippen LogP) is 3.14. The van der Waals surface area contributed by atoms with Gasteiger partial charge in [-0.1, -0.05) is 24.3 Å². The Morgan fingerprint density at radius 2 is 1.73 bits per heavy atom. The van der Waals surface area contributed by atoms with Crippen LogP contribution in [0.5, 0.6) is 5.75 Å². The summed E-state index contributed by atoms with van der Waals surface area (Å²) in [7, 11) is -3.93. The molecule has 1 aliphatic rings. The monoisotopic (exact) mass is 369 g/mol. The number of aryl methyl sites for hydroxylation is 2. The average Bonchev–Trinajstić information content (AvgIpc) is 3.01. The van der Waals surface area contributed by atoms with Gasteiger partial charge in [-0.15, -0.1) is 0 Å². The average molecular weight is 369 g/mol. The Morgan fingerprint density at radius 3 is 2.46 bits per heavy atom. The molecule has 0 spiro atoms. The zero-order chi connectivity index (χ0) is 18.5. The second kappa shape index (κ2) is 5.74. The lowest BCUT2D eigenvalue weighted by Crippen LogP contribution is -2.14. The van der Waals surface area contributed by atoms with Crippen molar-refractivity contribution in [2.75, 3.05) is 4.72 Å². The number of benzene rings is 3. The smallest absolute Gasteiger partial charge is 0.339 e. The number of carbonyl (C=O) groups is 1. The van der Waals surface area contributed by atoms with Crippen LogP contribution < -0.4 is 4.72 Å². The summed E-state index contributed by atoms with van der Waals surface area (Å²) in [4.78, 5) is 11.3. The third kappa shape index (κ3) is 2.57. The van der Waals surface area contributed by atoms with Crippen molar-refractivity contribution in [3.05, 3.63) is 65.2 Å². The number of hydrogen-bond acceptors (Lipinski definition) is 4. The molecule has 26 heavy (non-hydrogen) atoms. The fraction of sp³-hybridized carbons (Fsp3) is 0.105. The molecule has 0 amide bonds. The van der Waals surface area contributed by atoms with Gasteiger partial charge in [0.15, 0.2) is 0 Å². The Hall–Kier alpha value is -3.06. The molecule has 132 valence electrons. The van der Waals surface area contributed by atoms with Crippen LogP contribution in [0.1, 0.15) is 21.5 Å². The molecular formula is C19H15NO5S. The molecule has 7 heteroatoms. The van der Waals surface area contributed by atoms with Crippen molar-refractivity contribution in [2.45, 2.75) is 17.7 Å². The van der Waals surface area contributed by atoms with Crippen molar-refractivity contribution in [1.82, 2.24) is 0 Å². The van der Waals surface area contributed by atoms with Crippen molar-refractivity contribution in [3.8, 4) is 5.75 Å². The minimum Gasteiger partial charge on any atom is -0.507 e. The number of carboxylic acid groups (broad SMARTS) is 1. The van der Waals surface area contributed by atoms with Crippen molar-refractivity contribution >= 4 is 32.5 Å². The van der Waals surface area contributed by atoms with Crippen LogP contribution in [0.4, 0.5) is 5.69 Å². The first-order chi connectivity index (χ1) is 12.4. The largest absolute Gasteiger partial charge is 0.507 e. The second-order valence-corrected chi connectivity index (χ2v) is 7.86. The molecule has 0 bridgehead atoms. The fourth-order valence-corrected chi connectivity index (χ4v) is 4.69. The lowest BCUT2D eigenvalue weighted by molar-refractivity contribution is 0.0693. The second-order valence-electron chi connectivity index (χ2n) is 6.21. The Kier molecular flexibility index (Phi) is 3.62. The highest BCUT2D eigenvalue weighted by molar-refractivity contribution is 7.93. The number of sulfonamides is 1. The van der Waals surface area contributed by atoms with E-state index in [4.69, 9.17) is 5.11 Å². The van der Waals surface area contributed by atoms with Gasteiger partial charge in [0.25, 0.3) is 10.0 Å². The van der Waals surface area contributed by atoms with Gasteiger partial charge in [0.05, 0.1) is 4.90 Å². The minimum absolute atomic E-state index is 0.0726. The van der Waals surface area contributed by atoms with Gasteiger partial charge in [0, 0.05) is 11.1 Å². The van der Waals surface area contributed by atoms with Gasteiger partial charge >= 0.3 is 5.97 Å². The summed E-state index contributed by atoms with van der Waals surface area (Å²) in [5.41, 5.74) is 1.97. The van der Waals surface area contributed by atoms with Crippen LogP contribution in [0.2, 0.25) is 0 Å². The number of anilines is 1. The lowest BCUT2D eigenvalue weighted by atomic mass is 10.1. The van der Waals surface area contributed by atoms with Gasteiger partial charge in [0.1, 0.15) is 11.3 Å². The van der Waals surface area contributed by atoms with Gasteiger partial charge in [-0.2, -0.15) is 0 Å². The van der Waals surface area contributed by atoms with Crippen LogP contribution in [0, 0.1) is 0 Å². The van der Waals surface area contributed by atoms with E-state index in [0.717, 1.165) is 41.5 Å². The summed E-state index contributed by atoms with van der Waals surface area (Å²) in [6.45, 7) is 0. The highest BCUT2D eigenvalue weighted by Gasteiger charge is 2.23. The standard InChI is InChI=1S/C19H15NO5S/c21-16-8-7-13(10-15(16)19(22)23)20-26(24,25)17-9-6-12-5-4-11-2-1-3-14(17)18(11)12/h1-3,6-10,20-21H,4-5H2,(H,22,23). The van der Waals surface area contributed by atoms with Crippen molar-refractivity contribution < 1.29 is 23.4 Å². The maximum atomic E-state index is 12.9. The van der Waals surface area contributed by atoms with E-state index in [2.05, 4.69) is 4.72 Å². The molecule has 1 aliphatic carbocycles. The third-order valence-corrected chi connectivity index (χ3v) is 6.05. The molecule has 0 atom stereocenters. The fourth-order valence-electron chi connectivity index (χ4n) is 3.44. The summed E-state index contributed by atoms with van der Waals surface area (Å²) >= 11 is 0. The predicted molar refractivity (Wildman–Crippen MR) is 97.2 cm³/mol. The van der Waals surface area contributed by atoms with Crippen molar-refractivity contribution in [3.63, 3.8) is 0 Å². The molecule has 0 fully saturated rings. The summed E-state index contributed by atoms with van der Waals surface area (Å²) in [5, 5.41) is 20.3. The molecule has 0 saturated heterocycles. The van der Waals surface area contributed by atoms with E-state index in [1.165, 1.54) is 6.07 Å². The van der Waals surface area contributed by atoms with E-state index < -0.39 is 21.7 Å². The molecule has 3 aromatic rings. The van der Waals surface area contributed by atoms with Crippen LogP contribution in [0.25, 0.3) is 10.8 Å². The van der Waals surface area contributed by atoms with E-state index >= 15 is 0 Å². The summed E-state index contributed by atoms with van der Waals surface area (Å²) in [6.07, 6.45) is 1.78. The number of hydrogen-bond donors (Lipinski definition) is 3. The van der Waals surface area contributed by atoms with Crippen LogP contribution in [0.3, 0.4) is 0 Å². The molecule has 3 N–H and O–H groups in total. The van der Waals surface area contributed by atoms with Gasteiger partial charge in [-0.3, -0.25) is 4.72 Å². The summed E-state index contributed by atoms with van der Waals surface area (Å²) in [5.74, 6) is -1.76. The van der Waals surface area contributed by atoms with Crippen LogP contribution in [-0.4, -0.2) is 24.6 Å². The topological polar surface area (TPSA) is 104 Å². The highest BCUT2D eigenvalue weighted by atomic mass is 32.2. The lowest BCUT2D eigenvalue weighted by Gasteiger charge is -2.12. The SMILES string of the molecule is O=C(O)c1cc(NS(=O)(=O)c2ccc3c4c(cccc24)CC3)ccc1O. The molecule has 6 nitrogen and oxygen atoms in total. The number of phenols is 1. The summed E-state index contributed by atoms with van der Waals surface area (Å²) < 4.78 is 28.2. The minimum atomic E-state index is -3.93. The highest BCUT2D eigenvalue weighted by Crippen LogP contribution is 2.35. The Morgan fingerprint density at radius 1 is 1.00 bits per heavy atom. The Bertz CT molecular complexity index is 1160. The quantitative estimate of drug-likeness (QED) is 0.613. The van der Waals surface area contributed by atoms with E-state index in [-0.39, 0.29) is 16.1 Å². The number of aromatic hydroxyl groups is 1. The third-order valence-electron chi connectivity index (χ3n) is 4.61. The Balaban J connectivity index is 1.81. The van der Waals surface area contributed by atoms with Crippen molar-refractivity contribution in [1.29, 1.82) is 0 Å². The molecule has 0 aliphatic heterocycles. The van der Waals surface area contributed by atoms with E-state index in [0.29, 0.717) is 5.39 Å². The molecule has 0 saturated carbocycles. The van der Waals surface area contributed by atoms with E-state index in [9.17, 15) is 18.3 Å². The van der Waals surface area contributed by atoms with Crippen LogP contribution in [0.15, 0.2) is 53.4 Å². The first kappa shape index (κ1) is 16.4. The van der Waals surface area contributed by atoms with Crippen molar-refractivity contribution in [2.24, 2.45) is 0 Å². The number of rotatable bonds is 4. The zero-order valence-electron chi connectivity index (χ0n) is 13.6. The van der Waals surface area contributed by atoms with Gasteiger partial charge in [0.2, 0.25) is 0 Å². The van der Waals surface area contributed by atoms with E-state index in [1.54, 1.807) is 12.1 Å². The van der Waals surface area contributed by atoms with Gasteiger partial charge in [-0.25, -0.2) is 13.2 Å². The normalized spacial score (nSPS) is 13.1. The first-order valence-corrected chi connectivity index (χ1v) is 9.48. The van der Waals surface area contributed by atoms with E-state index in [1.807, 2.05) is 18.2 Å².